The molecule has 0 aliphatic rings. The number of rotatable bonds is 5. The minimum atomic E-state index is -0.305. The van der Waals surface area contributed by atoms with E-state index in [1.807, 2.05) is 24.6 Å². The van der Waals surface area contributed by atoms with Crippen molar-refractivity contribution < 1.29 is 4.39 Å². The third-order valence-electron chi connectivity index (χ3n) is 3.22. The molecule has 1 unspecified atom stereocenters. The Morgan fingerprint density at radius 1 is 1.45 bits per heavy atom. The van der Waals surface area contributed by atoms with Crippen LogP contribution in [0.4, 0.5) is 4.39 Å². The predicted octanol–water partition coefficient (Wildman–Crippen LogP) is 2.75. The van der Waals surface area contributed by atoms with Crippen LogP contribution in [-0.4, -0.2) is 9.78 Å². The highest BCUT2D eigenvalue weighted by Crippen LogP contribution is 2.24. The van der Waals surface area contributed by atoms with Gasteiger partial charge in [0.15, 0.2) is 0 Å². The molecule has 1 aromatic carbocycles. The molecular weight excluding hydrogens is 279 g/mol. The highest BCUT2D eigenvalue weighted by molar-refractivity contribution is 6.31. The summed E-state index contributed by atoms with van der Waals surface area (Å²) in [6, 6.07) is 6.14. The topological polar surface area (TPSA) is 55.9 Å². The molecule has 1 atom stereocenters. The average Bonchev–Trinajstić information content (AvgIpc) is 2.80. The lowest BCUT2D eigenvalue weighted by Gasteiger charge is -2.18. The zero-order valence-electron chi connectivity index (χ0n) is 11.5. The first kappa shape index (κ1) is 15.0. The molecule has 2 aromatic rings. The lowest BCUT2D eigenvalue weighted by atomic mass is 10.0. The van der Waals surface area contributed by atoms with Crippen molar-refractivity contribution in [2.45, 2.75) is 32.9 Å². The average molecular weight is 297 g/mol. The maximum atomic E-state index is 13.3. The monoisotopic (exact) mass is 296 g/mol. The van der Waals surface area contributed by atoms with Gasteiger partial charge in [-0.2, -0.15) is 5.10 Å². The van der Waals surface area contributed by atoms with Crippen LogP contribution in [0, 0.1) is 12.7 Å². The Labute approximate surface area is 122 Å². The summed E-state index contributed by atoms with van der Waals surface area (Å²) in [5.74, 6) is 5.34. The van der Waals surface area contributed by atoms with Crippen molar-refractivity contribution in [3.8, 4) is 0 Å². The van der Waals surface area contributed by atoms with Gasteiger partial charge in [0.25, 0.3) is 0 Å². The third-order valence-corrected chi connectivity index (χ3v) is 3.59. The fourth-order valence-corrected chi connectivity index (χ4v) is 2.46. The molecule has 4 nitrogen and oxygen atoms in total. The van der Waals surface area contributed by atoms with E-state index in [-0.39, 0.29) is 11.9 Å². The summed E-state index contributed by atoms with van der Waals surface area (Å²) in [7, 11) is 0. The summed E-state index contributed by atoms with van der Waals surface area (Å²) in [5.41, 5.74) is 5.37. The van der Waals surface area contributed by atoms with Crippen LogP contribution in [0.3, 0.4) is 0 Å². The number of nitrogens with two attached hydrogens (primary N) is 1. The number of hydrogen-bond acceptors (Lipinski definition) is 3. The highest BCUT2D eigenvalue weighted by atomic mass is 35.5. The van der Waals surface area contributed by atoms with Crippen LogP contribution in [0.15, 0.2) is 24.3 Å². The summed E-state index contributed by atoms with van der Waals surface area (Å²) in [4.78, 5) is 0. The molecule has 0 aliphatic carbocycles. The molecule has 6 heteroatoms. The fraction of sp³-hybridized carbons (Fsp3) is 0.357. The van der Waals surface area contributed by atoms with Crippen LogP contribution >= 0.6 is 11.6 Å². The van der Waals surface area contributed by atoms with Crippen molar-refractivity contribution in [3.63, 3.8) is 0 Å². The zero-order chi connectivity index (χ0) is 14.7. The van der Waals surface area contributed by atoms with Gasteiger partial charge in [-0.25, -0.2) is 4.39 Å². The van der Waals surface area contributed by atoms with Gasteiger partial charge in [-0.15, -0.1) is 0 Å². The molecule has 0 fully saturated rings. The summed E-state index contributed by atoms with van der Waals surface area (Å²) in [6.07, 6.45) is 0.498. The Hall–Kier alpha value is -1.43. The van der Waals surface area contributed by atoms with Crippen LogP contribution in [0.2, 0.25) is 5.02 Å². The maximum absolute atomic E-state index is 13.3. The van der Waals surface area contributed by atoms with Crippen LogP contribution in [-0.2, 0) is 13.0 Å². The van der Waals surface area contributed by atoms with Crippen molar-refractivity contribution in [3.05, 3.63) is 52.1 Å². The van der Waals surface area contributed by atoms with E-state index in [1.165, 1.54) is 12.1 Å². The second-order valence-corrected chi connectivity index (χ2v) is 5.09. The number of benzene rings is 1. The second-order valence-electron chi connectivity index (χ2n) is 4.69. The maximum Gasteiger partial charge on any atom is 0.123 e. The number of hydrogen-bond donors (Lipinski definition) is 2. The number of hydrazine groups is 1. The summed E-state index contributed by atoms with van der Waals surface area (Å²) in [6.45, 7) is 4.69. The SMILES string of the molecule is CCn1nc(C)cc1C(Cc1cc(F)ccc1Cl)NN. The smallest absolute Gasteiger partial charge is 0.123 e. The minimum absolute atomic E-state index is 0.171. The van der Waals surface area contributed by atoms with Crippen LogP contribution in [0.5, 0.6) is 0 Å². The van der Waals surface area contributed by atoms with Gasteiger partial charge in [0.1, 0.15) is 5.82 Å². The van der Waals surface area contributed by atoms with Crippen molar-refractivity contribution >= 4 is 11.6 Å². The van der Waals surface area contributed by atoms with E-state index in [2.05, 4.69) is 10.5 Å². The third kappa shape index (κ3) is 3.17. The lowest BCUT2D eigenvalue weighted by Crippen LogP contribution is -2.31. The molecule has 1 heterocycles. The molecule has 3 N–H and O–H groups in total. The van der Waals surface area contributed by atoms with E-state index in [9.17, 15) is 4.39 Å². The highest BCUT2D eigenvalue weighted by Gasteiger charge is 2.18. The molecule has 0 aliphatic heterocycles. The predicted molar refractivity (Wildman–Crippen MR) is 77.8 cm³/mol. The summed E-state index contributed by atoms with van der Waals surface area (Å²) < 4.78 is 15.2. The standard InChI is InChI=1S/C14H18ClFN4/c1-3-20-14(6-9(2)19-20)13(18-17)8-10-7-11(16)4-5-12(10)15/h4-7,13,18H,3,8,17H2,1-2H3. The molecule has 0 spiro atoms. The zero-order valence-corrected chi connectivity index (χ0v) is 12.3. The van der Waals surface area contributed by atoms with Crippen LogP contribution < -0.4 is 11.3 Å². The van der Waals surface area contributed by atoms with Gasteiger partial charge >= 0.3 is 0 Å². The van der Waals surface area contributed by atoms with E-state index < -0.39 is 0 Å². The van der Waals surface area contributed by atoms with E-state index in [0.29, 0.717) is 11.4 Å². The van der Waals surface area contributed by atoms with Crippen molar-refractivity contribution in [2.75, 3.05) is 0 Å². The summed E-state index contributed by atoms with van der Waals surface area (Å²) in [5, 5.41) is 4.93. The van der Waals surface area contributed by atoms with Crippen LogP contribution in [0.25, 0.3) is 0 Å². The van der Waals surface area contributed by atoms with Gasteiger partial charge in [0.2, 0.25) is 0 Å². The van der Waals surface area contributed by atoms with Gasteiger partial charge in [-0.05, 0) is 50.1 Å². The molecule has 20 heavy (non-hydrogen) atoms. The molecular formula is C14H18ClFN4. The fourth-order valence-electron chi connectivity index (χ4n) is 2.27. The first-order valence-electron chi connectivity index (χ1n) is 6.49. The molecule has 0 saturated heterocycles. The normalized spacial score (nSPS) is 12.7. The largest absolute Gasteiger partial charge is 0.271 e. The molecule has 1 aromatic heterocycles. The van der Waals surface area contributed by atoms with E-state index in [0.717, 1.165) is 23.5 Å². The van der Waals surface area contributed by atoms with Gasteiger partial charge < -0.3 is 0 Å². The first-order valence-corrected chi connectivity index (χ1v) is 6.87. The van der Waals surface area contributed by atoms with Gasteiger partial charge in [-0.1, -0.05) is 11.6 Å². The van der Waals surface area contributed by atoms with E-state index in [4.69, 9.17) is 17.4 Å². The Kier molecular flexibility index (Phi) is 4.75. The van der Waals surface area contributed by atoms with Gasteiger partial charge in [0.05, 0.1) is 17.4 Å². The number of aryl methyl sites for hydroxylation is 2. The quantitative estimate of drug-likeness (QED) is 0.659. The molecule has 0 radical (unpaired) electrons. The van der Waals surface area contributed by atoms with Crippen molar-refractivity contribution in [2.24, 2.45) is 5.84 Å². The van der Waals surface area contributed by atoms with Gasteiger partial charge in [-0.3, -0.25) is 16.0 Å². The minimum Gasteiger partial charge on any atom is -0.271 e. The Balaban J connectivity index is 2.30. The molecule has 0 saturated carbocycles. The molecule has 2 rings (SSSR count). The van der Waals surface area contributed by atoms with Crippen LogP contribution in [0.1, 0.15) is 29.9 Å². The second kappa shape index (κ2) is 6.35. The summed E-state index contributed by atoms with van der Waals surface area (Å²) >= 11 is 6.11. The van der Waals surface area contributed by atoms with Gasteiger partial charge in [0, 0.05) is 11.6 Å². The van der Waals surface area contributed by atoms with Crippen molar-refractivity contribution in [1.82, 2.24) is 15.2 Å². The van der Waals surface area contributed by atoms with E-state index >= 15 is 0 Å². The van der Waals surface area contributed by atoms with E-state index in [1.54, 1.807) is 6.07 Å². The van der Waals surface area contributed by atoms with Crippen molar-refractivity contribution in [1.29, 1.82) is 0 Å². The Bertz CT molecular complexity index is 597. The number of nitrogens with one attached hydrogen (secondary N) is 1. The molecule has 0 bridgehead atoms. The Morgan fingerprint density at radius 3 is 2.85 bits per heavy atom. The number of aromatic nitrogens is 2. The molecule has 0 amide bonds. The first-order chi connectivity index (χ1) is 9.55. The molecule has 108 valence electrons. The number of nitrogens with zero attached hydrogens (tertiary/aromatic N) is 2. The lowest BCUT2D eigenvalue weighted by molar-refractivity contribution is 0.489. The number of halogens is 2. The Morgan fingerprint density at radius 2 is 2.20 bits per heavy atom.